The second-order valence-corrected chi connectivity index (χ2v) is 5.14. The standard InChI is InChI=1S/C12H6Cl4N2O/c13-6-1-3-9(8(14)5-6)17-12(19)7-2-4-10(15)18-11(7)16/h1-5H,(H,17,19). The van der Waals surface area contributed by atoms with Crippen LogP contribution in [-0.2, 0) is 0 Å². The van der Waals surface area contributed by atoms with Crippen molar-refractivity contribution < 1.29 is 4.79 Å². The summed E-state index contributed by atoms with van der Waals surface area (Å²) in [4.78, 5) is 15.8. The van der Waals surface area contributed by atoms with E-state index in [1.165, 1.54) is 18.2 Å². The topological polar surface area (TPSA) is 42.0 Å². The number of hydrogen-bond acceptors (Lipinski definition) is 2. The summed E-state index contributed by atoms with van der Waals surface area (Å²) < 4.78 is 0. The highest BCUT2D eigenvalue weighted by atomic mass is 35.5. The Labute approximate surface area is 129 Å². The third-order valence-electron chi connectivity index (χ3n) is 2.24. The summed E-state index contributed by atoms with van der Waals surface area (Å²) in [5.41, 5.74) is 0.638. The number of aromatic nitrogens is 1. The van der Waals surface area contributed by atoms with Gasteiger partial charge in [-0.15, -0.1) is 0 Å². The minimum absolute atomic E-state index is 0.0232. The average molecular weight is 336 g/mol. The molecule has 3 nitrogen and oxygen atoms in total. The second kappa shape index (κ2) is 5.97. The molecule has 2 aromatic rings. The van der Waals surface area contributed by atoms with Crippen molar-refractivity contribution in [3.05, 3.63) is 56.2 Å². The van der Waals surface area contributed by atoms with Crippen molar-refractivity contribution in [1.29, 1.82) is 0 Å². The van der Waals surface area contributed by atoms with Crippen LogP contribution >= 0.6 is 46.4 Å². The molecule has 0 radical (unpaired) electrons. The molecule has 0 aliphatic carbocycles. The van der Waals surface area contributed by atoms with Crippen molar-refractivity contribution in [2.75, 3.05) is 5.32 Å². The predicted octanol–water partition coefficient (Wildman–Crippen LogP) is 4.95. The molecule has 98 valence electrons. The lowest BCUT2D eigenvalue weighted by molar-refractivity contribution is 0.102. The molecule has 0 saturated heterocycles. The Balaban J connectivity index is 2.25. The van der Waals surface area contributed by atoms with Crippen LogP contribution in [-0.4, -0.2) is 10.9 Å². The third kappa shape index (κ3) is 3.51. The van der Waals surface area contributed by atoms with Gasteiger partial charge in [0.15, 0.2) is 0 Å². The van der Waals surface area contributed by atoms with E-state index in [1.54, 1.807) is 12.1 Å². The predicted molar refractivity (Wildman–Crippen MR) is 78.7 cm³/mol. The van der Waals surface area contributed by atoms with Gasteiger partial charge in [-0.1, -0.05) is 46.4 Å². The van der Waals surface area contributed by atoms with Crippen LogP contribution in [0, 0.1) is 0 Å². The molecule has 19 heavy (non-hydrogen) atoms. The lowest BCUT2D eigenvalue weighted by Gasteiger charge is -2.08. The zero-order valence-electron chi connectivity index (χ0n) is 9.25. The van der Waals surface area contributed by atoms with E-state index < -0.39 is 5.91 Å². The van der Waals surface area contributed by atoms with E-state index in [2.05, 4.69) is 10.3 Å². The highest BCUT2D eigenvalue weighted by molar-refractivity contribution is 6.37. The van der Waals surface area contributed by atoms with Gasteiger partial charge >= 0.3 is 0 Å². The first kappa shape index (κ1) is 14.4. The fourth-order valence-corrected chi connectivity index (χ4v) is 2.25. The summed E-state index contributed by atoms with van der Waals surface area (Å²) in [6.07, 6.45) is 0. The number of rotatable bonds is 2. The molecular formula is C12H6Cl4N2O. The van der Waals surface area contributed by atoms with Gasteiger partial charge in [-0.05, 0) is 30.3 Å². The van der Waals surface area contributed by atoms with E-state index in [0.29, 0.717) is 15.7 Å². The molecule has 0 bridgehead atoms. The number of benzene rings is 1. The summed E-state index contributed by atoms with van der Waals surface area (Å²) in [6, 6.07) is 7.70. The van der Waals surface area contributed by atoms with E-state index in [9.17, 15) is 4.79 Å². The maximum atomic E-state index is 12.0. The first-order valence-corrected chi connectivity index (χ1v) is 6.57. The first-order valence-electron chi connectivity index (χ1n) is 5.06. The molecule has 1 aromatic carbocycles. The molecule has 0 aliphatic rings. The number of carbonyl (C=O) groups excluding carboxylic acids is 1. The van der Waals surface area contributed by atoms with E-state index in [0.717, 1.165) is 0 Å². The Morgan fingerprint density at radius 3 is 2.42 bits per heavy atom. The van der Waals surface area contributed by atoms with Crippen molar-refractivity contribution in [1.82, 2.24) is 4.98 Å². The molecule has 2 rings (SSSR count). The van der Waals surface area contributed by atoms with Gasteiger partial charge in [0.25, 0.3) is 5.91 Å². The van der Waals surface area contributed by atoms with Gasteiger partial charge in [0.2, 0.25) is 0 Å². The average Bonchev–Trinajstić information content (AvgIpc) is 2.32. The lowest BCUT2D eigenvalue weighted by atomic mass is 10.2. The van der Waals surface area contributed by atoms with Gasteiger partial charge in [-0.25, -0.2) is 4.98 Å². The molecule has 0 fully saturated rings. The zero-order chi connectivity index (χ0) is 14.0. The van der Waals surface area contributed by atoms with Gasteiger partial charge in [-0.3, -0.25) is 4.79 Å². The molecule has 0 unspecified atom stereocenters. The summed E-state index contributed by atoms with van der Waals surface area (Å²) in [6.45, 7) is 0. The normalized spacial score (nSPS) is 10.3. The number of halogens is 4. The van der Waals surface area contributed by atoms with Crippen LogP contribution in [0.5, 0.6) is 0 Å². The van der Waals surface area contributed by atoms with Gasteiger partial charge in [-0.2, -0.15) is 0 Å². The van der Waals surface area contributed by atoms with Crippen LogP contribution in [0.3, 0.4) is 0 Å². The molecule has 0 spiro atoms. The van der Waals surface area contributed by atoms with Crippen LogP contribution in [0.4, 0.5) is 5.69 Å². The van der Waals surface area contributed by atoms with Crippen LogP contribution in [0.2, 0.25) is 20.4 Å². The number of amides is 1. The molecular weight excluding hydrogens is 330 g/mol. The Morgan fingerprint density at radius 1 is 1.05 bits per heavy atom. The largest absolute Gasteiger partial charge is 0.321 e. The summed E-state index contributed by atoms with van der Waals surface area (Å²) in [5, 5.41) is 3.67. The number of nitrogens with one attached hydrogen (secondary N) is 1. The fourth-order valence-electron chi connectivity index (χ4n) is 1.36. The fraction of sp³-hybridized carbons (Fsp3) is 0. The van der Waals surface area contributed by atoms with Gasteiger partial charge in [0.1, 0.15) is 10.3 Å². The number of pyridine rings is 1. The maximum Gasteiger partial charge on any atom is 0.258 e. The Hall–Kier alpha value is -1.00. The summed E-state index contributed by atoms with van der Waals surface area (Å²) >= 11 is 23.2. The lowest BCUT2D eigenvalue weighted by Crippen LogP contribution is -2.13. The first-order chi connectivity index (χ1) is 8.97. The van der Waals surface area contributed by atoms with E-state index in [-0.39, 0.29) is 15.9 Å². The van der Waals surface area contributed by atoms with Gasteiger partial charge in [0.05, 0.1) is 16.3 Å². The molecule has 1 aromatic heterocycles. The molecule has 0 saturated carbocycles. The van der Waals surface area contributed by atoms with Crippen molar-refractivity contribution in [2.45, 2.75) is 0 Å². The molecule has 1 heterocycles. The van der Waals surface area contributed by atoms with Crippen LogP contribution in [0.15, 0.2) is 30.3 Å². The molecule has 1 amide bonds. The Morgan fingerprint density at radius 2 is 1.79 bits per heavy atom. The number of nitrogens with zero attached hydrogens (tertiary/aromatic N) is 1. The highest BCUT2D eigenvalue weighted by Crippen LogP contribution is 2.26. The smallest absolute Gasteiger partial charge is 0.258 e. The van der Waals surface area contributed by atoms with Crippen molar-refractivity contribution in [3.8, 4) is 0 Å². The van der Waals surface area contributed by atoms with E-state index >= 15 is 0 Å². The molecule has 7 heteroatoms. The van der Waals surface area contributed by atoms with Crippen LogP contribution < -0.4 is 5.32 Å². The third-order valence-corrected chi connectivity index (χ3v) is 3.29. The second-order valence-electron chi connectivity index (χ2n) is 3.55. The van der Waals surface area contributed by atoms with E-state index in [4.69, 9.17) is 46.4 Å². The summed E-state index contributed by atoms with van der Waals surface area (Å²) in [7, 11) is 0. The van der Waals surface area contributed by atoms with Crippen molar-refractivity contribution >= 4 is 58.0 Å². The number of carbonyl (C=O) groups is 1. The van der Waals surface area contributed by atoms with Gasteiger partial charge in [0, 0.05) is 5.02 Å². The van der Waals surface area contributed by atoms with Crippen LogP contribution in [0.25, 0.3) is 0 Å². The molecule has 0 aliphatic heterocycles. The quantitative estimate of drug-likeness (QED) is 0.789. The number of hydrogen-bond donors (Lipinski definition) is 1. The zero-order valence-corrected chi connectivity index (χ0v) is 12.3. The minimum atomic E-state index is -0.432. The number of anilines is 1. The van der Waals surface area contributed by atoms with E-state index in [1.807, 2.05) is 0 Å². The maximum absolute atomic E-state index is 12.0. The molecule has 0 atom stereocenters. The Bertz CT molecular complexity index is 646. The highest BCUT2D eigenvalue weighted by Gasteiger charge is 2.13. The monoisotopic (exact) mass is 334 g/mol. The Kier molecular flexibility index (Phi) is 4.53. The summed E-state index contributed by atoms with van der Waals surface area (Å²) in [5.74, 6) is -0.432. The van der Waals surface area contributed by atoms with Crippen LogP contribution in [0.1, 0.15) is 10.4 Å². The van der Waals surface area contributed by atoms with Crippen molar-refractivity contribution in [2.24, 2.45) is 0 Å². The van der Waals surface area contributed by atoms with Crippen molar-refractivity contribution in [3.63, 3.8) is 0 Å². The SMILES string of the molecule is O=C(Nc1ccc(Cl)cc1Cl)c1ccc(Cl)nc1Cl. The van der Waals surface area contributed by atoms with Gasteiger partial charge < -0.3 is 5.32 Å². The molecule has 1 N–H and O–H groups in total. The minimum Gasteiger partial charge on any atom is -0.321 e.